The lowest BCUT2D eigenvalue weighted by Gasteiger charge is -2.17. The number of aryl methyl sites for hydroxylation is 1. The van der Waals surface area contributed by atoms with Crippen molar-refractivity contribution in [1.29, 1.82) is 0 Å². The highest BCUT2D eigenvalue weighted by molar-refractivity contribution is 6.33. The van der Waals surface area contributed by atoms with E-state index < -0.39 is 0 Å². The Morgan fingerprint density at radius 3 is 2.26 bits per heavy atom. The molecule has 3 aromatic carbocycles. The number of benzene rings is 3. The molecule has 3 aromatic rings. The Morgan fingerprint density at radius 1 is 0.778 bits per heavy atom. The number of hydrogen-bond donors (Lipinski definition) is 2. The van der Waals surface area contributed by atoms with Crippen molar-refractivity contribution in [3.8, 4) is 0 Å². The standard InChI is InChI=1S/C23H26ClN3/c1-27(2)16-8-9-18-17-20(25-19-10-4-3-5-11-19)14-15-22(18)26-23-13-7-6-12-21(23)24/h3-7,10-15,17,25-26H,8-9,16H2,1-2H3. The van der Waals surface area contributed by atoms with E-state index in [4.69, 9.17) is 11.6 Å². The molecule has 27 heavy (non-hydrogen) atoms. The molecule has 140 valence electrons. The lowest BCUT2D eigenvalue weighted by atomic mass is 10.1. The third-order valence-electron chi connectivity index (χ3n) is 4.36. The predicted octanol–water partition coefficient (Wildman–Crippen LogP) is 6.32. The maximum atomic E-state index is 6.33. The fourth-order valence-corrected chi connectivity index (χ4v) is 3.16. The van der Waals surface area contributed by atoms with Gasteiger partial charge in [0.2, 0.25) is 0 Å². The van der Waals surface area contributed by atoms with E-state index in [1.54, 1.807) is 0 Å². The van der Waals surface area contributed by atoms with Gasteiger partial charge in [-0.1, -0.05) is 41.9 Å². The molecule has 0 heterocycles. The first-order valence-corrected chi connectivity index (χ1v) is 9.61. The Morgan fingerprint density at radius 2 is 1.52 bits per heavy atom. The van der Waals surface area contributed by atoms with Crippen LogP contribution in [0.1, 0.15) is 12.0 Å². The zero-order valence-electron chi connectivity index (χ0n) is 15.9. The van der Waals surface area contributed by atoms with Crippen LogP contribution in [0.25, 0.3) is 0 Å². The largest absolute Gasteiger partial charge is 0.356 e. The van der Waals surface area contributed by atoms with E-state index in [0.717, 1.165) is 47.2 Å². The van der Waals surface area contributed by atoms with Gasteiger partial charge in [-0.25, -0.2) is 0 Å². The lowest BCUT2D eigenvalue weighted by molar-refractivity contribution is 0.400. The Labute approximate surface area is 167 Å². The van der Waals surface area contributed by atoms with Gasteiger partial charge in [0.15, 0.2) is 0 Å². The molecule has 0 unspecified atom stereocenters. The molecule has 0 bridgehead atoms. The summed E-state index contributed by atoms with van der Waals surface area (Å²) in [5.74, 6) is 0. The van der Waals surface area contributed by atoms with Gasteiger partial charge in [-0.15, -0.1) is 0 Å². The molecule has 3 nitrogen and oxygen atoms in total. The molecule has 0 saturated heterocycles. The summed E-state index contributed by atoms with van der Waals surface area (Å²) in [7, 11) is 4.21. The van der Waals surface area contributed by atoms with Crippen molar-refractivity contribution >= 4 is 34.4 Å². The summed E-state index contributed by atoms with van der Waals surface area (Å²) in [6.07, 6.45) is 2.09. The maximum absolute atomic E-state index is 6.33. The van der Waals surface area contributed by atoms with E-state index >= 15 is 0 Å². The quantitative estimate of drug-likeness (QED) is 0.479. The minimum atomic E-state index is 0.725. The van der Waals surface area contributed by atoms with Crippen LogP contribution in [0.2, 0.25) is 5.02 Å². The van der Waals surface area contributed by atoms with Gasteiger partial charge in [-0.3, -0.25) is 0 Å². The molecule has 0 fully saturated rings. The van der Waals surface area contributed by atoms with Gasteiger partial charge >= 0.3 is 0 Å². The first-order chi connectivity index (χ1) is 13.1. The number of para-hydroxylation sites is 2. The van der Waals surface area contributed by atoms with Crippen LogP contribution in [0.3, 0.4) is 0 Å². The van der Waals surface area contributed by atoms with Gasteiger partial charge in [-0.2, -0.15) is 0 Å². The molecular formula is C23H26ClN3. The molecule has 0 spiro atoms. The molecular weight excluding hydrogens is 354 g/mol. The van der Waals surface area contributed by atoms with E-state index in [2.05, 4.69) is 60.0 Å². The van der Waals surface area contributed by atoms with Crippen molar-refractivity contribution in [2.75, 3.05) is 31.3 Å². The topological polar surface area (TPSA) is 27.3 Å². The normalized spacial score (nSPS) is 10.8. The van der Waals surface area contributed by atoms with E-state index in [1.807, 2.05) is 42.5 Å². The SMILES string of the molecule is CN(C)CCCc1cc(Nc2ccccc2)ccc1Nc1ccccc1Cl. The Balaban J connectivity index is 1.83. The number of hydrogen-bond acceptors (Lipinski definition) is 3. The third kappa shape index (κ3) is 5.75. The first-order valence-electron chi connectivity index (χ1n) is 9.23. The Kier molecular flexibility index (Phi) is 6.74. The van der Waals surface area contributed by atoms with Crippen LogP contribution >= 0.6 is 11.6 Å². The van der Waals surface area contributed by atoms with Crippen molar-refractivity contribution < 1.29 is 0 Å². The molecule has 0 aliphatic rings. The van der Waals surface area contributed by atoms with Crippen molar-refractivity contribution in [3.05, 3.63) is 83.4 Å². The van der Waals surface area contributed by atoms with Gasteiger partial charge in [0.05, 0.1) is 10.7 Å². The number of rotatable bonds is 8. The molecule has 0 aliphatic carbocycles. The molecule has 0 saturated carbocycles. The number of halogens is 1. The second-order valence-corrected chi connectivity index (χ2v) is 7.28. The van der Waals surface area contributed by atoms with Crippen LogP contribution in [0.4, 0.5) is 22.7 Å². The van der Waals surface area contributed by atoms with Crippen LogP contribution in [-0.4, -0.2) is 25.5 Å². The van der Waals surface area contributed by atoms with E-state index in [-0.39, 0.29) is 0 Å². The van der Waals surface area contributed by atoms with Gasteiger partial charge < -0.3 is 15.5 Å². The summed E-state index contributed by atoms with van der Waals surface area (Å²) in [5, 5.41) is 7.70. The Bertz CT molecular complexity index is 863. The molecule has 3 rings (SSSR count). The van der Waals surface area contributed by atoms with Crippen LogP contribution in [0.5, 0.6) is 0 Å². The predicted molar refractivity (Wildman–Crippen MR) is 118 cm³/mol. The molecule has 4 heteroatoms. The molecule has 2 N–H and O–H groups in total. The monoisotopic (exact) mass is 379 g/mol. The van der Waals surface area contributed by atoms with Crippen LogP contribution in [0.15, 0.2) is 72.8 Å². The van der Waals surface area contributed by atoms with Gasteiger partial charge in [0, 0.05) is 17.1 Å². The van der Waals surface area contributed by atoms with Crippen molar-refractivity contribution in [2.24, 2.45) is 0 Å². The van der Waals surface area contributed by atoms with Crippen molar-refractivity contribution in [2.45, 2.75) is 12.8 Å². The lowest BCUT2D eigenvalue weighted by Crippen LogP contribution is -2.13. The summed E-state index contributed by atoms with van der Waals surface area (Å²) < 4.78 is 0. The second kappa shape index (κ2) is 9.45. The highest BCUT2D eigenvalue weighted by Gasteiger charge is 2.08. The molecule has 0 amide bonds. The average molecular weight is 380 g/mol. The number of nitrogens with one attached hydrogen (secondary N) is 2. The van der Waals surface area contributed by atoms with E-state index in [1.165, 1.54) is 5.56 Å². The van der Waals surface area contributed by atoms with Crippen LogP contribution in [-0.2, 0) is 6.42 Å². The minimum Gasteiger partial charge on any atom is -0.356 e. The van der Waals surface area contributed by atoms with Gasteiger partial charge in [0.1, 0.15) is 0 Å². The summed E-state index contributed by atoms with van der Waals surface area (Å²) in [6, 6.07) is 24.5. The fourth-order valence-electron chi connectivity index (χ4n) is 2.98. The molecule has 0 atom stereocenters. The van der Waals surface area contributed by atoms with Crippen LogP contribution in [0, 0.1) is 0 Å². The minimum absolute atomic E-state index is 0.725. The van der Waals surface area contributed by atoms with Gasteiger partial charge in [0.25, 0.3) is 0 Å². The smallest absolute Gasteiger partial charge is 0.0640 e. The summed E-state index contributed by atoms with van der Waals surface area (Å²) in [4.78, 5) is 2.22. The third-order valence-corrected chi connectivity index (χ3v) is 4.69. The van der Waals surface area contributed by atoms with Crippen molar-refractivity contribution in [1.82, 2.24) is 4.90 Å². The zero-order valence-corrected chi connectivity index (χ0v) is 16.6. The van der Waals surface area contributed by atoms with E-state index in [9.17, 15) is 0 Å². The van der Waals surface area contributed by atoms with E-state index in [0.29, 0.717) is 0 Å². The molecule has 0 radical (unpaired) electrons. The Hall–Kier alpha value is -2.49. The number of anilines is 4. The molecule has 0 aromatic heterocycles. The second-order valence-electron chi connectivity index (χ2n) is 6.87. The molecule has 0 aliphatic heterocycles. The zero-order chi connectivity index (χ0) is 19.1. The van der Waals surface area contributed by atoms with Crippen LogP contribution < -0.4 is 10.6 Å². The summed E-state index contributed by atoms with van der Waals surface area (Å²) >= 11 is 6.33. The fraction of sp³-hybridized carbons (Fsp3) is 0.217. The first kappa shape index (κ1) is 19.3. The van der Waals surface area contributed by atoms with Gasteiger partial charge in [-0.05, 0) is 81.5 Å². The number of nitrogens with zero attached hydrogens (tertiary/aromatic N) is 1. The average Bonchev–Trinajstić information content (AvgIpc) is 2.66. The maximum Gasteiger partial charge on any atom is 0.0640 e. The van der Waals surface area contributed by atoms with Crippen molar-refractivity contribution in [3.63, 3.8) is 0 Å². The summed E-state index contributed by atoms with van der Waals surface area (Å²) in [5.41, 5.74) is 5.48. The highest BCUT2D eigenvalue weighted by atomic mass is 35.5. The highest BCUT2D eigenvalue weighted by Crippen LogP contribution is 2.30. The summed E-state index contributed by atoms with van der Waals surface area (Å²) in [6.45, 7) is 1.06.